The topological polar surface area (TPSA) is 134 Å². The fourth-order valence-electron chi connectivity index (χ4n) is 1.10. The number of ether oxygens (including phenoxy) is 2. The molecule has 9 heteroatoms. The van der Waals surface area contributed by atoms with Gasteiger partial charge in [-0.05, 0) is 41.5 Å². The Kier molecular flexibility index (Phi) is 11.3. The van der Waals surface area contributed by atoms with E-state index < -0.39 is 35.5 Å². The highest BCUT2D eigenvalue weighted by molar-refractivity contribution is 5.78. The third-order valence-electron chi connectivity index (χ3n) is 1.94. The Morgan fingerprint density at radius 1 is 0.960 bits per heavy atom. The third-order valence-corrected chi connectivity index (χ3v) is 1.94. The monoisotopic (exact) mass is 362 g/mol. The molecular formula is C16H30N2O7. The van der Waals surface area contributed by atoms with Gasteiger partial charge in [-0.25, -0.2) is 14.4 Å². The molecule has 0 aliphatic carbocycles. The van der Waals surface area contributed by atoms with Gasteiger partial charge in [-0.2, -0.15) is 0 Å². The maximum atomic E-state index is 11.3. The molecule has 9 nitrogen and oxygen atoms in total. The van der Waals surface area contributed by atoms with Gasteiger partial charge >= 0.3 is 18.2 Å². The molecule has 0 aromatic heterocycles. The Hall–Kier alpha value is -2.29. The summed E-state index contributed by atoms with van der Waals surface area (Å²) >= 11 is 0. The zero-order valence-electron chi connectivity index (χ0n) is 15.7. The first-order valence-corrected chi connectivity index (χ1v) is 7.63. The standard InChI is InChI=1S/C13H26N2O5.C3H4O2/c1-12(2,3)19-10(17)14-7-9(16)8-15-11(18)20-13(4,5)6;1-2-3(4)5/h9,16H,7-8H2,1-6H3,(H,14,17)(H,15,18);2H,1H2,(H,4,5). The van der Waals surface area contributed by atoms with Gasteiger partial charge in [0.25, 0.3) is 0 Å². The van der Waals surface area contributed by atoms with E-state index in [2.05, 4.69) is 17.2 Å². The van der Waals surface area contributed by atoms with Crippen LogP contribution in [0.15, 0.2) is 12.7 Å². The van der Waals surface area contributed by atoms with E-state index in [1.165, 1.54) is 0 Å². The summed E-state index contributed by atoms with van der Waals surface area (Å²) in [4.78, 5) is 31.9. The number of alkyl carbamates (subject to hydrolysis) is 2. The Labute approximate surface area is 148 Å². The quantitative estimate of drug-likeness (QED) is 0.546. The van der Waals surface area contributed by atoms with E-state index in [9.17, 15) is 19.5 Å². The van der Waals surface area contributed by atoms with Crippen molar-refractivity contribution >= 4 is 18.2 Å². The first-order chi connectivity index (χ1) is 11.2. The van der Waals surface area contributed by atoms with Crippen LogP contribution in [0.25, 0.3) is 0 Å². The van der Waals surface area contributed by atoms with Crippen LogP contribution in [0.3, 0.4) is 0 Å². The average Bonchev–Trinajstić information content (AvgIpc) is 2.39. The van der Waals surface area contributed by atoms with Crippen LogP contribution >= 0.6 is 0 Å². The van der Waals surface area contributed by atoms with Crippen molar-refractivity contribution in [3.8, 4) is 0 Å². The van der Waals surface area contributed by atoms with E-state index in [1.54, 1.807) is 41.5 Å². The molecule has 25 heavy (non-hydrogen) atoms. The second kappa shape index (κ2) is 11.3. The fraction of sp³-hybridized carbons (Fsp3) is 0.688. The normalized spacial score (nSPS) is 10.9. The van der Waals surface area contributed by atoms with Crippen LogP contribution < -0.4 is 10.6 Å². The molecular weight excluding hydrogens is 332 g/mol. The van der Waals surface area contributed by atoms with Crippen LogP contribution in [0.2, 0.25) is 0 Å². The number of carboxylic acid groups (broad SMARTS) is 1. The van der Waals surface area contributed by atoms with Crippen LogP contribution in [0.4, 0.5) is 9.59 Å². The van der Waals surface area contributed by atoms with Crippen LogP contribution in [0, 0.1) is 0 Å². The van der Waals surface area contributed by atoms with Gasteiger partial charge in [0.1, 0.15) is 11.2 Å². The lowest BCUT2D eigenvalue weighted by Crippen LogP contribution is -2.42. The number of nitrogens with one attached hydrogen (secondary N) is 2. The minimum Gasteiger partial charge on any atom is -0.478 e. The summed E-state index contributed by atoms with van der Waals surface area (Å²) in [5, 5.41) is 22.0. The lowest BCUT2D eigenvalue weighted by atomic mass is 10.2. The molecule has 0 unspecified atom stereocenters. The number of hydrogen-bond acceptors (Lipinski definition) is 6. The molecule has 0 saturated carbocycles. The van der Waals surface area contributed by atoms with Gasteiger partial charge in [0, 0.05) is 19.2 Å². The largest absolute Gasteiger partial charge is 0.478 e. The van der Waals surface area contributed by atoms with E-state index in [4.69, 9.17) is 14.6 Å². The van der Waals surface area contributed by atoms with Gasteiger partial charge in [-0.3, -0.25) is 0 Å². The predicted octanol–water partition coefficient (Wildman–Crippen LogP) is 1.65. The van der Waals surface area contributed by atoms with Gasteiger partial charge in [-0.1, -0.05) is 6.58 Å². The van der Waals surface area contributed by atoms with E-state index in [0.29, 0.717) is 0 Å². The Balaban J connectivity index is 0. The molecule has 0 rings (SSSR count). The summed E-state index contributed by atoms with van der Waals surface area (Å²) in [6.07, 6.45) is -1.32. The van der Waals surface area contributed by atoms with E-state index in [-0.39, 0.29) is 13.1 Å². The predicted molar refractivity (Wildman–Crippen MR) is 92.3 cm³/mol. The lowest BCUT2D eigenvalue weighted by molar-refractivity contribution is -0.131. The number of aliphatic hydroxyl groups excluding tert-OH is 1. The number of aliphatic carboxylic acids is 1. The van der Waals surface area contributed by atoms with Crippen LogP contribution in [-0.2, 0) is 14.3 Å². The van der Waals surface area contributed by atoms with Crippen molar-refractivity contribution in [2.24, 2.45) is 0 Å². The minimum atomic E-state index is -0.981. The number of rotatable bonds is 5. The maximum Gasteiger partial charge on any atom is 0.407 e. The molecule has 0 spiro atoms. The van der Waals surface area contributed by atoms with E-state index in [1.807, 2.05) is 0 Å². The first kappa shape index (κ1) is 25.0. The maximum absolute atomic E-state index is 11.3. The van der Waals surface area contributed by atoms with Crippen LogP contribution in [-0.4, -0.2) is 58.8 Å². The van der Waals surface area contributed by atoms with Gasteiger partial charge in [0.2, 0.25) is 0 Å². The summed E-state index contributed by atoms with van der Waals surface area (Å²) in [7, 11) is 0. The van der Waals surface area contributed by atoms with Crippen molar-refractivity contribution in [1.29, 1.82) is 0 Å². The molecule has 0 aromatic rings. The summed E-state index contributed by atoms with van der Waals surface area (Å²) in [6, 6.07) is 0. The Morgan fingerprint density at radius 2 is 1.24 bits per heavy atom. The van der Waals surface area contributed by atoms with Gasteiger partial charge in [-0.15, -0.1) is 0 Å². The average molecular weight is 362 g/mol. The van der Waals surface area contributed by atoms with E-state index in [0.717, 1.165) is 6.08 Å². The molecule has 0 aliphatic rings. The van der Waals surface area contributed by atoms with Gasteiger partial charge in [0.15, 0.2) is 0 Å². The molecule has 0 bridgehead atoms. The van der Waals surface area contributed by atoms with E-state index >= 15 is 0 Å². The number of carbonyl (C=O) groups is 3. The fourth-order valence-corrected chi connectivity index (χ4v) is 1.10. The van der Waals surface area contributed by atoms with Crippen molar-refractivity contribution in [3.63, 3.8) is 0 Å². The molecule has 0 saturated heterocycles. The summed E-state index contributed by atoms with van der Waals surface area (Å²) in [6.45, 7) is 13.4. The molecule has 2 amide bonds. The smallest absolute Gasteiger partial charge is 0.407 e. The lowest BCUT2D eigenvalue weighted by Gasteiger charge is -2.21. The second-order valence-electron chi connectivity index (χ2n) is 6.96. The summed E-state index contributed by atoms with van der Waals surface area (Å²) in [5.41, 5.74) is -1.19. The second-order valence-corrected chi connectivity index (χ2v) is 6.96. The number of aliphatic hydroxyl groups is 1. The van der Waals surface area contributed by atoms with Crippen LogP contribution in [0.5, 0.6) is 0 Å². The van der Waals surface area contributed by atoms with Gasteiger partial charge < -0.3 is 30.3 Å². The Bertz CT molecular complexity index is 418. The van der Waals surface area contributed by atoms with Crippen LogP contribution in [0.1, 0.15) is 41.5 Å². The highest BCUT2D eigenvalue weighted by atomic mass is 16.6. The molecule has 0 heterocycles. The molecule has 4 N–H and O–H groups in total. The molecule has 0 radical (unpaired) electrons. The number of carboxylic acids is 1. The molecule has 0 atom stereocenters. The van der Waals surface area contributed by atoms with Crippen molar-refractivity contribution in [2.45, 2.75) is 58.8 Å². The Morgan fingerprint density at radius 3 is 1.44 bits per heavy atom. The summed E-state index contributed by atoms with van der Waals surface area (Å²) < 4.78 is 10.0. The third kappa shape index (κ3) is 21.7. The highest BCUT2D eigenvalue weighted by Gasteiger charge is 2.18. The van der Waals surface area contributed by atoms with Crippen molar-refractivity contribution in [1.82, 2.24) is 10.6 Å². The van der Waals surface area contributed by atoms with Crippen molar-refractivity contribution in [3.05, 3.63) is 12.7 Å². The number of amides is 2. The number of carbonyl (C=O) groups excluding carboxylic acids is 2. The van der Waals surface area contributed by atoms with Crippen molar-refractivity contribution in [2.75, 3.05) is 13.1 Å². The summed E-state index contributed by atoms with van der Waals surface area (Å²) in [5.74, 6) is -0.981. The number of hydrogen-bond donors (Lipinski definition) is 4. The molecule has 0 aromatic carbocycles. The minimum absolute atomic E-state index is 0.0231. The molecule has 0 aliphatic heterocycles. The zero-order chi connectivity index (χ0) is 20.3. The first-order valence-electron chi connectivity index (χ1n) is 7.63. The van der Waals surface area contributed by atoms with Gasteiger partial charge in [0.05, 0.1) is 6.10 Å². The van der Waals surface area contributed by atoms with Crippen molar-refractivity contribution < 1.29 is 34.1 Å². The molecule has 146 valence electrons. The highest BCUT2D eigenvalue weighted by Crippen LogP contribution is 2.07. The molecule has 0 fully saturated rings. The zero-order valence-corrected chi connectivity index (χ0v) is 15.7. The SMILES string of the molecule is C=CC(=O)O.CC(C)(C)OC(=O)NCC(O)CNC(=O)OC(C)(C)C.